The molecule has 2 unspecified atom stereocenters. The third kappa shape index (κ3) is 4.13. The Kier molecular flexibility index (Phi) is 6.32. The van der Waals surface area contributed by atoms with Crippen molar-refractivity contribution in [3.05, 3.63) is 45.2 Å². The number of phenolic OH excluding ortho intramolecular Hbond substituents is 1. The minimum atomic E-state index is -0.545. The van der Waals surface area contributed by atoms with Crippen LogP contribution in [0.2, 0.25) is 0 Å². The van der Waals surface area contributed by atoms with Crippen LogP contribution in [0.3, 0.4) is 0 Å². The maximum absolute atomic E-state index is 13.3. The summed E-state index contributed by atoms with van der Waals surface area (Å²) in [5, 5.41) is 13.6. The van der Waals surface area contributed by atoms with Gasteiger partial charge in [-0.1, -0.05) is 19.9 Å². The number of ketones is 1. The quantitative estimate of drug-likeness (QED) is 0.603. The third-order valence-corrected chi connectivity index (χ3v) is 6.05. The number of halogens is 1. The number of Topliss-reactive ketones (excluding diaryl/α,β-unsaturated/α-hetero) is 1. The predicted octanol–water partition coefficient (Wildman–Crippen LogP) is 4.58. The number of allylic oxidation sites excluding steroid dienone is 3. The lowest BCUT2D eigenvalue weighted by Crippen LogP contribution is -2.43. The number of ether oxygens (including phenoxy) is 2. The second-order valence-electron chi connectivity index (χ2n) is 8.35. The molecule has 7 heteroatoms. The first-order chi connectivity index (χ1) is 14.1. The number of esters is 1. The van der Waals surface area contributed by atoms with Crippen molar-refractivity contribution in [1.82, 2.24) is 5.32 Å². The van der Waals surface area contributed by atoms with Crippen LogP contribution >= 0.6 is 15.9 Å². The smallest absolute Gasteiger partial charge is 0.336 e. The third-order valence-electron chi connectivity index (χ3n) is 5.44. The minimum absolute atomic E-state index is 0.0141. The molecule has 0 saturated heterocycles. The predicted molar refractivity (Wildman–Crippen MR) is 117 cm³/mol. The van der Waals surface area contributed by atoms with E-state index in [1.54, 1.807) is 19.1 Å². The van der Waals surface area contributed by atoms with E-state index < -0.39 is 17.8 Å². The van der Waals surface area contributed by atoms with E-state index in [0.717, 1.165) is 5.70 Å². The fourth-order valence-electron chi connectivity index (χ4n) is 4.34. The Labute approximate surface area is 185 Å². The summed E-state index contributed by atoms with van der Waals surface area (Å²) < 4.78 is 11.4. The normalized spacial score (nSPS) is 22.7. The van der Waals surface area contributed by atoms with E-state index >= 15 is 0 Å². The van der Waals surface area contributed by atoms with Gasteiger partial charge < -0.3 is 19.9 Å². The van der Waals surface area contributed by atoms with Gasteiger partial charge in [-0.2, -0.15) is 0 Å². The van der Waals surface area contributed by atoms with Crippen LogP contribution in [0, 0.1) is 11.3 Å². The average molecular weight is 478 g/mol. The van der Waals surface area contributed by atoms with Crippen molar-refractivity contribution < 1.29 is 24.2 Å². The highest BCUT2D eigenvalue weighted by atomic mass is 79.9. The molecular weight excluding hydrogens is 450 g/mol. The van der Waals surface area contributed by atoms with E-state index in [4.69, 9.17) is 9.47 Å². The Balaban J connectivity index is 2.24. The Morgan fingerprint density at radius 1 is 1.27 bits per heavy atom. The van der Waals surface area contributed by atoms with E-state index in [1.165, 1.54) is 0 Å². The second-order valence-corrected chi connectivity index (χ2v) is 9.21. The lowest BCUT2D eigenvalue weighted by Gasteiger charge is -2.41. The molecule has 0 fully saturated rings. The number of phenols is 1. The number of rotatable bonds is 5. The van der Waals surface area contributed by atoms with Gasteiger partial charge in [0.2, 0.25) is 0 Å². The van der Waals surface area contributed by atoms with Gasteiger partial charge in [0.15, 0.2) is 11.5 Å². The van der Waals surface area contributed by atoms with Crippen LogP contribution < -0.4 is 10.1 Å². The molecule has 0 spiro atoms. The molecule has 1 aliphatic heterocycles. The van der Waals surface area contributed by atoms with Gasteiger partial charge in [-0.3, -0.25) is 4.79 Å². The van der Waals surface area contributed by atoms with E-state index in [9.17, 15) is 14.7 Å². The van der Waals surface area contributed by atoms with Crippen LogP contribution in [0.4, 0.5) is 0 Å². The Morgan fingerprint density at radius 2 is 1.97 bits per heavy atom. The number of aromatic hydroxyl groups is 1. The molecule has 1 aliphatic carbocycles. The molecule has 30 heavy (non-hydrogen) atoms. The van der Waals surface area contributed by atoms with E-state index in [2.05, 4.69) is 27.3 Å². The monoisotopic (exact) mass is 477 g/mol. The molecule has 0 amide bonds. The lowest BCUT2D eigenvalue weighted by molar-refractivity contribution is -0.139. The number of hydrogen-bond acceptors (Lipinski definition) is 6. The Bertz CT molecular complexity index is 947. The number of fused-ring (bicyclic) bond motifs is 1. The molecule has 0 aromatic heterocycles. The van der Waals surface area contributed by atoms with Gasteiger partial charge in [-0.15, -0.1) is 0 Å². The van der Waals surface area contributed by atoms with Gasteiger partial charge in [-0.05, 0) is 59.8 Å². The number of carbonyl (C=O) groups excluding carboxylic acids is 2. The summed E-state index contributed by atoms with van der Waals surface area (Å²) in [7, 11) is 0. The molecule has 2 aliphatic rings. The molecule has 6 nitrogen and oxygen atoms in total. The zero-order valence-electron chi connectivity index (χ0n) is 18.0. The highest BCUT2D eigenvalue weighted by Crippen LogP contribution is 2.49. The van der Waals surface area contributed by atoms with E-state index in [-0.39, 0.29) is 23.6 Å². The van der Waals surface area contributed by atoms with Gasteiger partial charge in [0.25, 0.3) is 0 Å². The minimum Gasteiger partial charge on any atom is -0.503 e. The van der Waals surface area contributed by atoms with Crippen molar-refractivity contribution in [3.63, 3.8) is 0 Å². The first-order valence-electron chi connectivity index (χ1n) is 10.1. The standard InChI is InChI=1S/C23H28BrNO5/c1-6-29-17-9-13(8-14(24)21(17)27)19-18(22(28)30-7-2)12(3)25-15-10-23(4,5)11-16(26)20(15)19/h8-10,19-20,25,27H,6-7,11H2,1-5H3. The van der Waals surface area contributed by atoms with Crippen LogP contribution in [0.15, 0.2) is 39.6 Å². The van der Waals surface area contributed by atoms with Gasteiger partial charge >= 0.3 is 5.97 Å². The first kappa shape index (κ1) is 22.4. The van der Waals surface area contributed by atoms with Crippen LogP contribution in [0.1, 0.15) is 52.5 Å². The molecule has 162 valence electrons. The highest BCUT2D eigenvalue weighted by Gasteiger charge is 2.46. The lowest BCUT2D eigenvalue weighted by atomic mass is 9.66. The van der Waals surface area contributed by atoms with E-state index in [0.29, 0.717) is 40.1 Å². The molecule has 0 radical (unpaired) electrons. The molecule has 1 aromatic rings. The van der Waals surface area contributed by atoms with Crippen LogP contribution in [0.25, 0.3) is 0 Å². The van der Waals surface area contributed by atoms with Crippen molar-refractivity contribution in [3.8, 4) is 11.5 Å². The van der Waals surface area contributed by atoms with Crippen LogP contribution in [0.5, 0.6) is 11.5 Å². The molecule has 0 bridgehead atoms. The van der Waals surface area contributed by atoms with Gasteiger partial charge in [-0.25, -0.2) is 4.79 Å². The molecule has 2 atom stereocenters. The number of carbonyl (C=O) groups is 2. The summed E-state index contributed by atoms with van der Waals surface area (Å²) in [4.78, 5) is 26.2. The fraction of sp³-hybridized carbons (Fsp3) is 0.478. The maximum Gasteiger partial charge on any atom is 0.336 e. The largest absolute Gasteiger partial charge is 0.503 e. The fourth-order valence-corrected chi connectivity index (χ4v) is 4.80. The Morgan fingerprint density at radius 3 is 2.60 bits per heavy atom. The van der Waals surface area contributed by atoms with Crippen LogP contribution in [-0.4, -0.2) is 30.1 Å². The second kappa shape index (κ2) is 8.46. The first-order valence-corrected chi connectivity index (χ1v) is 10.9. The summed E-state index contributed by atoms with van der Waals surface area (Å²) in [6.07, 6.45) is 2.46. The van der Waals surface area contributed by atoms with Crippen molar-refractivity contribution in [2.75, 3.05) is 13.2 Å². The Hall–Kier alpha value is -2.28. The average Bonchev–Trinajstić information content (AvgIpc) is 2.63. The zero-order chi connectivity index (χ0) is 22.2. The number of nitrogens with one attached hydrogen (secondary N) is 1. The van der Waals surface area contributed by atoms with E-state index in [1.807, 2.05) is 27.7 Å². The van der Waals surface area contributed by atoms with Crippen molar-refractivity contribution in [2.45, 2.75) is 47.0 Å². The number of benzene rings is 1. The molecule has 2 N–H and O–H groups in total. The summed E-state index contributed by atoms with van der Waals surface area (Å²) in [6.45, 7) is 10.1. The van der Waals surface area contributed by atoms with Gasteiger partial charge in [0.1, 0.15) is 5.78 Å². The van der Waals surface area contributed by atoms with Crippen molar-refractivity contribution >= 4 is 27.7 Å². The topological polar surface area (TPSA) is 84.9 Å². The molecule has 1 aromatic carbocycles. The summed E-state index contributed by atoms with van der Waals surface area (Å²) in [6, 6.07) is 3.45. The maximum atomic E-state index is 13.3. The summed E-state index contributed by atoms with van der Waals surface area (Å²) >= 11 is 3.38. The summed E-state index contributed by atoms with van der Waals surface area (Å²) in [5.74, 6) is -1.18. The number of hydrogen-bond donors (Lipinski definition) is 2. The van der Waals surface area contributed by atoms with Crippen molar-refractivity contribution in [1.29, 1.82) is 0 Å². The van der Waals surface area contributed by atoms with Gasteiger partial charge in [0.05, 0.1) is 29.2 Å². The molecule has 1 heterocycles. The molecule has 3 rings (SSSR count). The van der Waals surface area contributed by atoms with Crippen molar-refractivity contribution in [2.24, 2.45) is 11.3 Å². The summed E-state index contributed by atoms with van der Waals surface area (Å²) in [5.41, 5.74) is 2.32. The highest BCUT2D eigenvalue weighted by molar-refractivity contribution is 9.10. The molecule has 0 saturated carbocycles. The SMILES string of the molecule is CCOC(=O)C1=C(C)NC2=CC(C)(C)CC(=O)C2C1c1cc(Br)c(O)c(OCC)c1. The zero-order valence-corrected chi connectivity index (χ0v) is 19.6. The van der Waals surface area contributed by atoms with Crippen LogP contribution in [-0.2, 0) is 14.3 Å². The van der Waals surface area contributed by atoms with Gasteiger partial charge in [0, 0.05) is 23.7 Å². The molecular formula is C23H28BrNO5.